The Bertz CT molecular complexity index is 1210. The van der Waals surface area contributed by atoms with Gasteiger partial charge in [0.2, 0.25) is 5.91 Å². The maximum Gasteiger partial charge on any atom is 0.252 e. The Labute approximate surface area is 186 Å². The van der Waals surface area contributed by atoms with Gasteiger partial charge in [0, 0.05) is 36.7 Å². The minimum atomic E-state index is -0.560. The highest BCUT2D eigenvalue weighted by Crippen LogP contribution is 2.46. The molecule has 3 heterocycles. The van der Waals surface area contributed by atoms with Crippen molar-refractivity contribution in [1.82, 2.24) is 14.6 Å². The van der Waals surface area contributed by atoms with Gasteiger partial charge in [0.15, 0.2) is 0 Å². The highest BCUT2D eigenvalue weighted by molar-refractivity contribution is 6.02. The number of anilines is 1. The molecule has 1 fully saturated rings. The second-order valence-corrected chi connectivity index (χ2v) is 9.13. The fourth-order valence-corrected chi connectivity index (χ4v) is 4.31. The summed E-state index contributed by atoms with van der Waals surface area (Å²) < 4.78 is 1.69. The molecule has 166 valence electrons. The summed E-state index contributed by atoms with van der Waals surface area (Å²) in [5.41, 5.74) is 9.01. The average Bonchev–Trinajstić information content (AvgIpc) is 3.27. The van der Waals surface area contributed by atoms with Gasteiger partial charge in [-0.3, -0.25) is 14.6 Å². The maximum absolute atomic E-state index is 12.1. The standard InChI is InChI=1S/C24H28N6O2/c1-14-5-7-18(24(14,3)4)11-27-22-19(23(25)32)12-28-30-13-17(9-20(22)30)16-6-8-21(26-10-16)29-15(2)31/h6,8-14,18H,5,7H2,1-4H3,(H2,25,32)(H,26,29,31). The lowest BCUT2D eigenvalue weighted by Gasteiger charge is -2.28. The zero-order valence-electron chi connectivity index (χ0n) is 18.8. The summed E-state index contributed by atoms with van der Waals surface area (Å²) in [6, 6.07) is 5.53. The van der Waals surface area contributed by atoms with Crippen LogP contribution in [-0.2, 0) is 4.79 Å². The average molecular weight is 433 g/mol. The highest BCUT2D eigenvalue weighted by atomic mass is 16.1. The van der Waals surface area contributed by atoms with Crippen LogP contribution in [0.3, 0.4) is 0 Å². The van der Waals surface area contributed by atoms with Crippen LogP contribution in [0.5, 0.6) is 0 Å². The molecule has 3 aromatic heterocycles. The summed E-state index contributed by atoms with van der Waals surface area (Å²) >= 11 is 0. The minimum Gasteiger partial charge on any atom is -0.365 e. The van der Waals surface area contributed by atoms with E-state index < -0.39 is 5.91 Å². The molecule has 0 aromatic carbocycles. The van der Waals surface area contributed by atoms with Crippen LogP contribution in [0.1, 0.15) is 50.9 Å². The first-order valence-corrected chi connectivity index (χ1v) is 10.8. The van der Waals surface area contributed by atoms with Crippen molar-refractivity contribution in [3.8, 4) is 11.1 Å². The Morgan fingerprint density at radius 2 is 2.03 bits per heavy atom. The van der Waals surface area contributed by atoms with Crippen molar-refractivity contribution < 1.29 is 9.59 Å². The van der Waals surface area contributed by atoms with Gasteiger partial charge in [-0.15, -0.1) is 0 Å². The van der Waals surface area contributed by atoms with Crippen LogP contribution < -0.4 is 11.1 Å². The molecule has 1 aliphatic rings. The van der Waals surface area contributed by atoms with Crippen LogP contribution in [0.2, 0.25) is 0 Å². The van der Waals surface area contributed by atoms with Gasteiger partial charge in [-0.1, -0.05) is 20.8 Å². The quantitative estimate of drug-likeness (QED) is 0.587. The number of pyridine rings is 1. The zero-order valence-corrected chi connectivity index (χ0v) is 18.8. The Hall–Kier alpha value is -3.55. The molecule has 4 rings (SSSR count). The monoisotopic (exact) mass is 432 g/mol. The largest absolute Gasteiger partial charge is 0.365 e. The molecule has 8 heteroatoms. The normalized spacial score (nSPS) is 20.1. The summed E-state index contributed by atoms with van der Waals surface area (Å²) in [4.78, 5) is 32.4. The Balaban J connectivity index is 1.74. The van der Waals surface area contributed by atoms with Gasteiger partial charge in [0.05, 0.1) is 17.3 Å². The number of aliphatic imine (C=N–C) groups is 1. The van der Waals surface area contributed by atoms with E-state index in [0.29, 0.717) is 34.4 Å². The second-order valence-electron chi connectivity index (χ2n) is 9.13. The predicted molar refractivity (Wildman–Crippen MR) is 125 cm³/mol. The van der Waals surface area contributed by atoms with E-state index in [-0.39, 0.29) is 11.3 Å². The van der Waals surface area contributed by atoms with E-state index in [0.717, 1.165) is 24.0 Å². The van der Waals surface area contributed by atoms with Crippen molar-refractivity contribution in [3.63, 3.8) is 0 Å². The third kappa shape index (κ3) is 4.00. The van der Waals surface area contributed by atoms with Crippen LogP contribution in [-0.4, -0.2) is 32.6 Å². The van der Waals surface area contributed by atoms with Gasteiger partial charge in [-0.05, 0) is 48.3 Å². The Kier molecular flexibility index (Phi) is 5.54. The Morgan fingerprint density at radius 1 is 1.25 bits per heavy atom. The molecule has 0 bridgehead atoms. The number of rotatable bonds is 5. The van der Waals surface area contributed by atoms with E-state index in [1.165, 1.54) is 13.1 Å². The van der Waals surface area contributed by atoms with Crippen LogP contribution in [0.15, 0.2) is 41.8 Å². The van der Waals surface area contributed by atoms with Crippen LogP contribution in [0.25, 0.3) is 16.6 Å². The number of nitrogens with one attached hydrogen (secondary N) is 1. The number of carbonyl (C=O) groups excluding carboxylic acids is 2. The summed E-state index contributed by atoms with van der Waals surface area (Å²) in [6.07, 6.45) is 9.21. The van der Waals surface area contributed by atoms with Crippen LogP contribution in [0.4, 0.5) is 11.5 Å². The summed E-state index contributed by atoms with van der Waals surface area (Å²) in [5, 5.41) is 7.01. The molecule has 3 aromatic rings. The van der Waals surface area contributed by atoms with E-state index in [1.807, 2.05) is 24.5 Å². The summed E-state index contributed by atoms with van der Waals surface area (Å²) in [5.74, 6) is 0.685. The second kappa shape index (κ2) is 8.18. The first-order chi connectivity index (χ1) is 15.2. The van der Waals surface area contributed by atoms with Gasteiger partial charge in [0.25, 0.3) is 5.91 Å². The van der Waals surface area contributed by atoms with E-state index in [2.05, 4.69) is 36.2 Å². The van der Waals surface area contributed by atoms with E-state index in [4.69, 9.17) is 10.7 Å². The topological polar surface area (TPSA) is 115 Å². The van der Waals surface area contributed by atoms with Gasteiger partial charge in [-0.25, -0.2) is 9.50 Å². The fourth-order valence-electron chi connectivity index (χ4n) is 4.31. The number of primary amides is 1. The van der Waals surface area contributed by atoms with E-state index in [1.54, 1.807) is 16.8 Å². The van der Waals surface area contributed by atoms with Crippen molar-refractivity contribution in [2.24, 2.45) is 28.0 Å². The fraction of sp³-hybridized carbons (Fsp3) is 0.375. The molecule has 2 unspecified atom stereocenters. The number of nitrogens with zero attached hydrogens (tertiary/aromatic N) is 4. The molecule has 32 heavy (non-hydrogen) atoms. The summed E-state index contributed by atoms with van der Waals surface area (Å²) in [7, 11) is 0. The molecule has 2 amide bonds. The lowest BCUT2D eigenvalue weighted by Crippen LogP contribution is -2.24. The molecule has 2 atom stereocenters. The maximum atomic E-state index is 12.1. The van der Waals surface area contributed by atoms with Crippen molar-refractivity contribution in [2.45, 2.75) is 40.5 Å². The van der Waals surface area contributed by atoms with Crippen molar-refractivity contribution in [3.05, 3.63) is 42.4 Å². The number of carbonyl (C=O) groups is 2. The lowest BCUT2D eigenvalue weighted by molar-refractivity contribution is -0.114. The number of fused-ring (bicyclic) bond motifs is 1. The van der Waals surface area contributed by atoms with Crippen molar-refractivity contribution in [2.75, 3.05) is 5.32 Å². The molecule has 0 radical (unpaired) electrons. The van der Waals surface area contributed by atoms with Crippen LogP contribution >= 0.6 is 0 Å². The smallest absolute Gasteiger partial charge is 0.252 e. The molecular weight excluding hydrogens is 404 g/mol. The first kappa shape index (κ1) is 21.7. The predicted octanol–water partition coefficient (Wildman–Crippen LogP) is 4.23. The number of hydrogen-bond acceptors (Lipinski definition) is 5. The molecule has 0 saturated heterocycles. The van der Waals surface area contributed by atoms with Gasteiger partial charge in [0.1, 0.15) is 11.5 Å². The van der Waals surface area contributed by atoms with Crippen molar-refractivity contribution in [1.29, 1.82) is 0 Å². The molecule has 3 N–H and O–H groups in total. The minimum absolute atomic E-state index is 0.147. The third-order valence-corrected chi connectivity index (χ3v) is 6.80. The highest BCUT2D eigenvalue weighted by Gasteiger charge is 2.39. The number of aromatic nitrogens is 3. The number of amides is 2. The third-order valence-electron chi connectivity index (χ3n) is 6.80. The Morgan fingerprint density at radius 3 is 2.62 bits per heavy atom. The van der Waals surface area contributed by atoms with Crippen LogP contribution in [0, 0.1) is 17.3 Å². The summed E-state index contributed by atoms with van der Waals surface area (Å²) in [6.45, 7) is 8.25. The number of hydrogen-bond donors (Lipinski definition) is 2. The molecular formula is C24H28N6O2. The molecule has 8 nitrogen and oxygen atoms in total. The van der Waals surface area contributed by atoms with Gasteiger partial charge >= 0.3 is 0 Å². The SMILES string of the molecule is CC(=O)Nc1ccc(-c2cc3c(N=CC4CCC(C)C4(C)C)c(C(N)=O)cnn3c2)cn1. The molecule has 1 saturated carbocycles. The molecule has 0 spiro atoms. The van der Waals surface area contributed by atoms with E-state index >= 15 is 0 Å². The van der Waals surface area contributed by atoms with Crippen molar-refractivity contribution >= 4 is 35.1 Å². The van der Waals surface area contributed by atoms with E-state index in [9.17, 15) is 9.59 Å². The molecule has 0 aliphatic heterocycles. The zero-order chi connectivity index (χ0) is 23.0. The lowest BCUT2D eigenvalue weighted by atomic mass is 9.77. The number of nitrogens with two attached hydrogens (primary N) is 1. The van der Waals surface area contributed by atoms with Gasteiger partial charge in [-0.2, -0.15) is 5.10 Å². The van der Waals surface area contributed by atoms with Gasteiger partial charge < -0.3 is 11.1 Å². The first-order valence-electron chi connectivity index (χ1n) is 10.8. The molecule has 1 aliphatic carbocycles.